The summed E-state index contributed by atoms with van der Waals surface area (Å²) in [6.45, 7) is 1.82. The molecule has 0 atom stereocenters. The van der Waals surface area contributed by atoms with Crippen LogP contribution in [0, 0.1) is 12.7 Å². The van der Waals surface area contributed by atoms with Crippen molar-refractivity contribution in [2.45, 2.75) is 6.92 Å². The Balaban J connectivity index is 2.58. The Morgan fingerprint density at radius 3 is 2.79 bits per heavy atom. The molecule has 0 aliphatic rings. The van der Waals surface area contributed by atoms with Crippen LogP contribution in [0.5, 0.6) is 0 Å². The lowest BCUT2D eigenvalue weighted by Gasteiger charge is -2.04. The van der Waals surface area contributed by atoms with E-state index < -0.39 is 0 Å². The summed E-state index contributed by atoms with van der Waals surface area (Å²) in [5.74, 6) is -0.341. The van der Waals surface area contributed by atoms with Crippen molar-refractivity contribution in [1.29, 1.82) is 0 Å². The predicted octanol–water partition coefficient (Wildman–Crippen LogP) is 2.37. The van der Waals surface area contributed by atoms with Crippen molar-refractivity contribution >= 4 is 11.6 Å². The molecule has 2 rings (SSSR count). The Hall–Kier alpha value is -1.42. The maximum atomic E-state index is 13.5. The van der Waals surface area contributed by atoms with E-state index in [0.717, 1.165) is 5.56 Å². The second kappa shape index (κ2) is 3.38. The van der Waals surface area contributed by atoms with E-state index in [1.807, 2.05) is 6.92 Å². The van der Waals surface area contributed by atoms with Gasteiger partial charge in [0.15, 0.2) is 0 Å². The average molecular weight is 212 g/mol. The highest BCUT2D eigenvalue weighted by Gasteiger charge is 2.08. The third-order valence-corrected chi connectivity index (χ3v) is 2.13. The first-order chi connectivity index (χ1) is 6.68. The van der Waals surface area contributed by atoms with Gasteiger partial charge in [-0.1, -0.05) is 6.07 Å². The molecule has 0 bridgehead atoms. The highest BCUT2D eigenvalue weighted by molar-refractivity contribution is 6.28. The van der Waals surface area contributed by atoms with Gasteiger partial charge in [-0.3, -0.25) is 4.57 Å². The molecule has 0 fully saturated rings. The molecule has 1 heterocycles. The van der Waals surface area contributed by atoms with Crippen LogP contribution in [0.15, 0.2) is 24.5 Å². The molecule has 1 aromatic carbocycles. The minimum absolute atomic E-state index is 0.146. The van der Waals surface area contributed by atoms with E-state index in [4.69, 9.17) is 11.6 Å². The van der Waals surface area contributed by atoms with Crippen molar-refractivity contribution in [3.63, 3.8) is 0 Å². The predicted molar refractivity (Wildman–Crippen MR) is 51.1 cm³/mol. The highest BCUT2D eigenvalue weighted by Crippen LogP contribution is 2.17. The van der Waals surface area contributed by atoms with Gasteiger partial charge in [-0.15, -0.1) is 10.2 Å². The van der Waals surface area contributed by atoms with Crippen LogP contribution in [0.3, 0.4) is 0 Å². The molecular weight excluding hydrogens is 205 g/mol. The van der Waals surface area contributed by atoms with Gasteiger partial charge in [-0.2, -0.15) is 0 Å². The van der Waals surface area contributed by atoms with Crippen molar-refractivity contribution in [2.24, 2.45) is 0 Å². The quantitative estimate of drug-likeness (QED) is 0.725. The van der Waals surface area contributed by atoms with E-state index in [9.17, 15) is 4.39 Å². The van der Waals surface area contributed by atoms with Gasteiger partial charge in [-0.25, -0.2) is 4.39 Å². The SMILES string of the molecule is Cc1ccc(-n2cnnc2Cl)c(F)c1. The molecule has 0 unspecified atom stereocenters. The third-order valence-electron chi connectivity index (χ3n) is 1.87. The number of halogens is 2. The molecule has 5 heteroatoms. The van der Waals surface area contributed by atoms with E-state index in [1.54, 1.807) is 12.1 Å². The minimum Gasteiger partial charge on any atom is -0.269 e. The van der Waals surface area contributed by atoms with Crippen LogP contribution in [0.1, 0.15) is 5.56 Å². The zero-order valence-corrected chi connectivity index (χ0v) is 8.16. The maximum Gasteiger partial charge on any atom is 0.229 e. The minimum atomic E-state index is -0.341. The monoisotopic (exact) mass is 211 g/mol. The highest BCUT2D eigenvalue weighted by atomic mass is 35.5. The third kappa shape index (κ3) is 1.48. The number of benzene rings is 1. The Morgan fingerprint density at radius 1 is 1.43 bits per heavy atom. The zero-order valence-electron chi connectivity index (χ0n) is 7.41. The smallest absolute Gasteiger partial charge is 0.229 e. The van der Waals surface area contributed by atoms with E-state index >= 15 is 0 Å². The van der Waals surface area contributed by atoms with Crippen LogP contribution >= 0.6 is 11.6 Å². The summed E-state index contributed by atoms with van der Waals surface area (Å²) in [4.78, 5) is 0. The number of nitrogens with zero attached hydrogens (tertiary/aromatic N) is 3. The largest absolute Gasteiger partial charge is 0.269 e. The lowest BCUT2D eigenvalue weighted by Crippen LogP contribution is -1.96. The summed E-state index contributed by atoms with van der Waals surface area (Å²) in [5, 5.41) is 7.29. The first kappa shape index (κ1) is 9.15. The topological polar surface area (TPSA) is 30.7 Å². The summed E-state index contributed by atoms with van der Waals surface area (Å²) in [7, 11) is 0. The first-order valence-electron chi connectivity index (χ1n) is 4.00. The lowest BCUT2D eigenvalue weighted by molar-refractivity contribution is 0.617. The van der Waals surface area contributed by atoms with Gasteiger partial charge in [0.1, 0.15) is 12.1 Å². The van der Waals surface area contributed by atoms with Gasteiger partial charge in [0.25, 0.3) is 0 Å². The summed E-state index contributed by atoms with van der Waals surface area (Å²) in [5.41, 5.74) is 1.21. The lowest BCUT2D eigenvalue weighted by atomic mass is 10.2. The summed E-state index contributed by atoms with van der Waals surface area (Å²) in [6.07, 6.45) is 1.37. The number of hydrogen-bond donors (Lipinski definition) is 0. The van der Waals surface area contributed by atoms with Crippen LogP contribution < -0.4 is 0 Å². The molecule has 72 valence electrons. The summed E-state index contributed by atoms with van der Waals surface area (Å²) < 4.78 is 14.8. The normalized spacial score (nSPS) is 10.5. The van der Waals surface area contributed by atoms with E-state index in [0.29, 0.717) is 5.69 Å². The molecule has 0 saturated carbocycles. The first-order valence-corrected chi connectivity index (χ1v) is 4.38. The second-order valence-electron chi connectivity index (χ2n) is 2.92. The maximum absolute atomic E-state index is 13.5. The van der Waals surface area contributed by atoms with Crippen molar-refractivity contribution in [2.75, 3.05) is 0 Å². The van der Waals surface area contributed by atoms with Crippen LogP contribution in [0.4, 0.5) is 4.39 Å². The molecule has 14 heavy (non-hydrogen) atoms. The molecule has 0 saturated heterocycles. The fraction of sp³-hybridized carbons (Fsp3) is 0.111. The van der Waals surface area contributed by atoms with Gasteiger partial charge in [0, 0.05) is 0 Å². The summed E-state index contributed by atoms with van der Waals surface area (Å²) in [6, 6.07) is 4.88. The molecular formula is C9H7ClFN3. The van der Waals surface area contributed by atoms with Gasteiger partial charge in [0.2, 0.25) is 5.28 Å². The zero-order chi connectivity index (χ0) is 10.1. The molecule has 0 amide bonds. The van der Waals surface area contributed by atoms with Gasteiger partial charge in [0.05, 0.1) is 5.69 Å². The fourth-order valence-electron chi connectivity index (χ4n) is 1.19. The molecule has 0 radical (unpaired) electrons. The van der Waals surface area contributed by atoms with Gasteiger partial charge >= 0.3 is 0 Å². The molecule has 1 aromatic heterocycles. The number of hydrogen-bond acceptors (Lipinski definition) is 2. The van der Waals surface area contributed by atoms with Gasteiger partial charge in [-0.05, 0) is 36.2 Å². The van der Waals surface area contributed by atoms with Crippen LogP contribution in [-0.4, -0.2) is 14.8 Å². The Bertz CT molecular complexity index is 467. The molecule has 2 aromatic rings. The van der Waals surface area contributed by atoms with Crippen molar-refractivity contribution in [3.05, 3.63) is 41.2 Å². The molecule has 0 N–H and O–H groups in total. The Labute approximate surface area is 85.1 Å². The van der Waals surface area contributed by atoms with Crippen LogP contribution in [-0.2, 0) is 0 Å². The van der Waals surface area contributed by atoms with Crippen molar-refractivity contribution in [3.8, 4) is 5.69 Å². The van der Waals surface area contributed by atoms with E-state index in [1.165, 1.54) is 17.0 Å². The molecule has 0 spiro atoms. The summed E-state index contributed by atoms with van der Waals surface area (Å²) >= 11 is 5.71. The number of aryl methyl sites for hydroxylation is 1. The van der Waals surface area contributed by atoms with E-state index in [-0.39, 0.29) is 11.1 Å². The van der Waals surface area contributed by atoms with E-state index in [2.05, 4.69) is 10.2 Å². The standard InChI is InChI=1S/C9H7ClFN3/c1-6-2-3-8(7(11)4-6)14-5-12-13-9(14)10/h2-5H,1H3. The molecule has 0 aliphatic heterocycles. The number of aromatic nitrogens is 3. The average Bonchev–Trinajstić information content (AvgIpc) is 2.52. The van der Waals surface area contributed by atoms with Crippen molar-refractivity contribution in [1.82, 2.24) is 14.8 Å². The van der Waals surface area contributed by atoms with Crippen molar-refractivity contribution < 1.29 is 4.39 Å². The van der Waals surface area contributed by atoms with Gasteiger partial charge < -0.3 is 0 Å². The Morgan fingerprint density at radius 2 is 2.21 bits per heavy atom. The Kier molecular flexibility index (Phi) is 2.21. The molecule has 3 nitrogen and oxygen atoms in total. The fourth-order valence-corrected chi connectivity index (χ4v) is 1.37. The molecule has 0 aliphatic carbocycles. The van der Waals surface area contributed by atoms with Crippen LogP contribution in [0.2, 0.25) is 5.28 Å². The second-order valence-corrected chi connectivity index (χ2v) is 3.26. The number of rotatable bonds is 1. The van der Waals surface area contributed by atoms with Crippen LogP contribution in [0.25, 0.3) is 5.69 Å².